The zero-order valence-corrected chi connectivity index (χ0v) is 17.5. The van der Waals surface area contributed by atoms with Crippen LogP contribution in [0.3, 0.4) is 0 Å². The summed E-state index contributed by atoms with van der Waals surface area (Å²) in [6.07, 6.45) is -0.633. The number of carbonyl (C=O) groups is 2. The number of ether oxygens (including phenoxy) is 3. The predicted molar refractivity (Wildman–Crippen MR) is 103 cm³/mol. The van der Waals surface area contributed by atoms with Gasteiger partial charge in [-0.1, -0.05) is 0 Å². The SMILES string of the molecule is CCOc1ccc(C(=O)O[C@@H](C)C(=O)N(CC)[C@H]2CCS(=O)(=O)C2)cc1OC. The van der Waals surface area contributed by atoms with Crippen LogP contribution in [0.1, 0.15) is 37.6 Å². The van der Waals surface area contributed by atoms with Gasteiger partial charge in [0.1, 0.15) is 0 Å². The lowest BCUT2D eigenvalue weighted by molar-refractivity contribution is -0.141. The first-order valence-electron chi connectivity index (χ1n) is 9.25. The first kappa shape index (κ1) is 22.0. The van der Waals surface area contributed by atoms with Crippen molar-refractivity contribution in [1.82, 2.24) is 4.90 Å². The molecule has 1 heterocycles. The van der Waals surface area contributed by atoms with Crippen molar-refractivity contribution in [2.75, 3.05) is 31.8 Å². The number of amides is 1. The molecule has 0 bridgehead atoms. The summed E-state index contributed by atoms with van der Waals surface area (Å²) in [5.41, 5.74) is 0.228. The molecule has 0 unspecified atom stereocenters. The number of esters is 1. The molecule has 1 fully saturated rings. The van der Waals surface area contributed by atoms with Crippen LogP contribution in [0.2, 0.25) is 0 Å². The third-order valence-electron chi connectivity index (χ3n) is 4.60. The molecule has 1 aliphatic rings. The van der Waals surface area contributed by atoms with Gasteiger partial charge in [-0.15, -0.1) is 0 Å². The average molecular weight is 413 g/mol. The minimum atomic E-state index is -3.12. The maximum atomic E-state index is 12.7. The van der Waals surface area contributed by atoms with Crippen molar-refractivity contribution >= 4 is 21.7 Å². The second-order valence-electron chi connectivity index (χ2n) is 6.53. The van der Waals surface area contributed by atoms with Crippen LogP contribution in [0.4, 0.5) is 0 Å². The fourth-order valence-electron chi connectivity index (χ4n) is 3.20. The summed E-state index contributed by atoms with van der Waals surface area (Å²) >= 11 is 0. The number of methoxy groups -OCH3 is 1. The third kappa shape index (κ3) is 5.15. The van der Waals surface area contributed by atoms with Crippen LogP contribution in [-0.2, 0) is 19.4 Å². The monoisotopic (exact) mass is 413 g/mol. The molecule has 1 aromatic rings. The smallest absolute Gasteiger partial charge is 0.339 e. The topological polar surface area (TPSA) is 99.2 Å². The highest BCUT2D eigenvalue weighted by atomic mass is 32.2. The summed E-state index contributed by atoms with van der Waals surface area (Å²) in [5.74, 6) is -0.162. The number of hydrogen-bond acceptors (Lipinski definition) is 7. The van der Waals surface area contributed by atoms with Crippen LogP contribution in [0.25, 0.3) is 0 Å². The minimum absolute atomic E-state index is 0.0522. The fourth-order valence-corrected chi connectivity index (χ4v) is 4.93. The average Bonchev–Trinajstić information content (AvgIpc) is 3.02. The van der Waals surface area contributed by atoms with Gasteiger partial charge in [0.05, 0.1) is 30.8 Å². The van der Waals surface area contributed by atoms with Crippen LogP contribution in [0, 0.1) is 0 Å². The van der Waals surface area contributed by atoms with E-state index < -0.39 is 27.8 Å². The van der Waals surface area contributed by atoms with Gasteiger partial charge in [-0.2, -0.15) is 0 Å². The molecule has 0 N–H and O–H groups in total. The molecule has 0 radical (unpaired) electrons. The maximum Gasteiger partial charge on any atom is 0.339 e. The molecule has 1 aliphatic heterocycles. The molecule has 0 aromatic heterocycles. The molecule has 1 aromatic carbocycles. The van der Waals surface area contributed by atoms with Gasteiger partial charge in [-0.3, -0.25) is 4.79 Å². The summed E-state index contributed by atoms with van der Waals surface area (Å²) in [6.45, 7) is 5.89. The fraction of sp³-hybridized carbons (Fsp3) is 0.579. The third-order valence-corrected chi connectivity index (χ3v) is 6.35. The summed E-state index contributed by atoms with van der Waals surface area (Å²) in [6, 6.07) is 4.25. The van der Waals surface area contributed by atoms with Crippen molar-refractivity contribution < 1.29 is 32.2 Å². The van der Waals surface area contributed by atoms with Gasteiger partial charge in [0, 0.05) is 12.6 Å². The molecule has 9 heteroatoms. The number of benzene rings is 1. The number of nitrogens with zero attached hydrogens (tertiary/aromatic N) is 1. The normalized spacial score (nSPS) is 18.9. The minimum Gasteiger partial charge on any atom is -0.493 e. The van der Waals surface area contributed by atoms with Crippen molar-refractivity contribution in [2.45, 2.75) is 39.3 Å². The van der Waals surface area contributed by atoms with Crippen molar-refractivity contribution in [3.8, 4) is 11.5 Å². The van der Waals surface area contributed by atoms with E-state index in [2.05, 4.69) is 0 Å². The zero-order valence-electron chi connectivity index (χ0n) is 16.6. The molecular weight excluding hydrogens is 386 g/mol. The molecule has 0 saturated carbocycles. The Kier molecular flexibility index (Phi) is 7.29. The molecule has 1 amide bonds. The number of likely N-dealkylation sites (N-methyl/N-ethyl adjacent to an activating group) is 1. The number of sulfone groups is 1. The lowest BCUT2D eigenvalue weighted by Crippen LogP contribution is -2.46. The largest absolute Gasteiger partial charge is 0.493 e. The standard InChI is InChI=1S/C19H27NO7S/c1-5-20(15-9-10-28(23,24)12-15)18(21)13(3)27-19(22)14-7-8-16(26-6-2)17(11-14)25-4/h7-8,11,13,15H,5-6,9-10,12H2,1-4H3/t13-,15-/m0/s1. The molecule has 8 nitrogen and oxygen atoms in total. The van der Waals surface area contributed by atoms with E-state index >= 15 is 0 Å². The Hall–Kier alpha value is -2.29. The molecule has 2 rings (SSSR count). The van der Waals surface area contributed by atoms with Crippen molar-refractivity contribution in [2.24, 2.45) is 0 Å². The van der Waals surface area contributed by atoms with Gasteiger partial charge in [0.15, 0.2) is 27.4 Å². The lowest BCUT2D eigenvalue weighted by atomic mass is 10.2. The molecule has 28 heavy (non-hydrogen) atoms. The number of rotatable bonds is 8. The van der Waals surface area contributed by atoms with Crippen LogP contribution < -0.4 is 9.47 Å². The Balaban J connectivity index is 2.07. The summed E-state index contributed by atoms with van der Waals surface area (Å²) < 4.78 is 39.4. The Bertz CT molecular complexity index is 822. The van der Waals surface area contributed by atoms with E-state index in [0.717, 1.165) is 0 Å². The van der Waals surface area contributed by atoms with Gasteiger partial charge in [-0.05, 0) is 45.4 Å². The quantitative estimate of drug-likeness (QED) is 0.598. The number of carbonyl (C=O) groups excluding carboxylic acids is 2. The Morgan fingerprint density at radius 3 is 2.50 bits per heavy atom. The first-order valence-corrected chi connectivity index (χ1v) is 11.1. The molecular formula is C19H27NO7S. The van der Waals surface area contributed by atoms with E-state index in [4.69, 9.17) is 14.2 Å². The van der Waals surface area contributed by atoms with Gasteiger partial charge >= 0.3 is 5.97 Å². The van der Waals surface area contributed by atoms with Gasteiger partial charge in [0.25, 0.3) is 5.91 Å². The van der Waals surface area contributed by atoms with Crippen LogP contribution in [0.15, 0.2) is 18.2 Å². The second kappa shape index (κ2) is 9.27. The van der Waals surface area contributed by atoms with E-state index in [-0.39, 0.29) is 23.1 Å². The van der Waals surface area contributed by atoms with Gasteiger partial charge in [0.2, 0.25) is 0 Å². The van der Waals surface area contributed by atoms with Gasteiger partial charge < -0.3 is 19.1 Å². The van der Waals surface area contributed by atoms with Crippen LogP contribution >= 0.6 is 0 Å². The predicted octanol–water partition coefficient (Wildman–Crippen LogP) is 1.67. The second-order valence-corrected chi connectivity index (χ2v) is 8.76. The summed E-state index contributed by atoms with van der Waals surface area (Å²) in [4.78, 5) is 26.6. The van der Waals surface area contributed by atoms with Gasteiger partial charge in [-0.25, -0.2) is 13.2 Å². The molecule has 0 aliphatic carbocycles. The highest BCUT2D eigenvalue weighted by Gasteiger charge is 2.36. The molecule has 2 atom stereocenters. The molecule has 156 valence electrons. The van der Waals surface area contributed by atoms with E-state index in [1.165, 1.54) is 31.1 Å². The van der Waals surface area contributed by atoms with Crippen LogP contribution in [0.5, 0.6) is 11.5 Å². The first-order chi connectivity index (χ1) is 13.2. The lowest BCUT2D eigenvalue weighted by Gasteiger charge is -2.29. The Labute approximate surface area is 165 Å². The van der Waals surface area contributed by atoms with E-state index in [1.54, 1.807) is 13.0 Å². The zero-order chi connectivity index (χ0) is 20.9. The summed E-state index contributed by atoms with van der Waals surface area (Å²) in [7, 11) is -1.65. The highest BCUT2D eigenvalue weighted by Crippen LogP contribution is 2.28. The van der Waals surface area contributed by atoms with Crippen LogP contribution in [-0.4, -0.2) is 69.1 Å². The Morgan fingerprint density at radius 1 is 1.25 bits per heavy atom. The molecule has 0 spiro atoms. The van der Waals surface area contributed by atoms with Crippen molar-refractivity contribution in [3.63, 3.8) is 0 Å². The van der Waals surface area contributed by atoms with E-state index in [9.17, 15) is 18.0 Å². The van der Waals surface area contributed by atoms with Crippen molar-refractivity contribution in [3.05, 3.63) is 23.8 Å². The number of hydrogen-bond donors (Lipinski definition) is 0. The Morgan fingerprint density at radius 2 is 1.96 bits per heavy atom. The highest BCUT2D eigenvalue weighted by molar-refractivity contribution is 7.91. The summed E-state index contributed by atoms with van der Waals surface area (Å²) in [5, 5.41) is 0. The van der Waals surface area contributed by atoms with Crippen molar-refractivity contribution in [1.29, 1.82) is 0 Å². The van der Waals surface area contributed by atoms with E-state index in [0.29, 0.717) is 31.1 Å². The molecule has 1 saturated heterocycles. The van der Waals surface area contributed by atoms with E-state index in [1.807, 2.05) is 6.92 Å². The maximum absolute atomic E-state index is 12.7.